The molecular formula is C20H20FN5OS. The Hall–Kier alpha value is -2.87. The van der Waals surface area contributed by atoms with Crippen molar-refractivity contribution in [3.63, 3.8) is 0 Å². The second kappa shape index (κ2) is 8.02. The van der Waals surface area contributed by atoms with Crippen LogP contribution in [0.4, 0.5) is 4.39 Å². The highest BCUT2D eigenvalue weighted by Crippen LogP contribution is 2.37. The van der Waals surface area contributed by atoms with Crippen LogP contribution in [-0.4, -0.2) is 38.8 Å². The Morgan fingerprint density at radius 2 is 1.71 bits per heavy atom. The van der Waals surface area contributed by atoms with Gasteiger partial charge in [0.05, 0.1) is 0 Å². The summed E-state index contributed by atoms with van der Waals surface area (Å²) in [4.78, 5) is 15.0. The van der Waals surface area contributed by atoms with E-state index in [1.807, 2.05) is 35.2 Å². The summed E-state index contributed by atoms with van der Waals surface area (Å²) in [5.41, 5.74) is 1.56. The van der Waals surface area contributed by atoms with Crippen LogP contribution in [0.5, 0.6) is 0 Å². The van der Waals surface area contributed by atoms with Crippen LogP contribution in [0.15, 0.2) is 59.8 Å². The molecule has 28 heavy (non-hydrogen) atoms. The van der Waals surface area contributed by atoms with Crippen molar-refractivity contribution in [3.05, 3.63) is 66.0 Å². The van der Waals surface area contributed by atoms with E-state index in [0.717, 1.165) is 31.5 Å². The number of carbonyl (C=O) groups excluding carboxylic acids is 1. The molecule has 0 unspecified atom stereocenters. The molecule has 1 atom stereocenters. The van der Waals surface area contributed by atoms with Crippen molar-refractivity contribution < 1.29 is 9.18 Å². The lowest BCUT2D eigenvalue weighted by Gasteiger charge is -2.22. The molecule has 4 rings (SSSR count). The summed E-state index contributed by atoms with van der Waals surface area (Å²) in [5.74, 6) is 6.35. The van der Waals surface area contributed by atoms with E-state index in [1.54, 1.807) is 12.1 Å². The van der Waals surface area contributed by atoms with Crippen molar-refractivity contribution in [3.8, 4) is 11.4 Å². The number of rotatable bonds is 5. The largest absolute Gasteiger partial charge is 0.341 e. The van der Waals surface area contributed by atoms with Crippen molar-refractivity contribution in [2.45, 2.75) is 23.2 Å². The van der Waals surface area contributed by atoms with Gasteiger partial charge in [-0.05, 0) is 42.7 Å². The van der Waals surface area contributed by atoms with E-state index in [4.69, 9.17) is 5.84 Å². The van der Waals surface area contributed by atoms with Crippen LogP contribution >= 0.6 is 11.8 Å². The van der Waals surface area contributed by atoms with Crippen LogP contribution in [0.1, 0.15) is 23.7 Å². The summed E-state index contributed by atoms with van der Waals surface area (Å²) in [6.07, 6.45) is 2.05. The van der Waals surface area contributed by atoms with Crippen molar-refractivity contribution in [2.24, 2.45) is 0 Å². The van der Waals surface area contributed by atoms with Crippen LogP contribution in [0, 0.1) is 5.82 Å². The molecule has 1 aliphatic rings. The first-order valence-electron chi connectivity index (χ1n) is 9.10. The molecule has 8 heteroatoms. The predicted octanol–water partition coefficient (Wildman–Crippen LogP) is 3.25. The van der Waals surface area contributed by atoms with E-state index in [1.165, 1.54) is 28.6 Å². The second-order valence-electron chi connectivity index (χ2n) is 6.62. The molecule has 1 saturated heterocycles. The number of hydrogen-bond acceptors (Lipinski definition) is 5. The number of hydrogen-bond donors (Lipinski definition) is 1. The van der Waals surface area contributed by atoms with Crippen LogP contribution in [0.3, 0.4) is 0 Å². The second-order valence-corrected chi connectivity index (χ2v) is 7.70. The monoisotopic (exact) mass is 397 g/mol. The van der Waals surface area contributed by atoms with Crippen LogP contribution in [0.25, 0.3) is 11.4 Å². The van der Waals surface area contributed by atoms with E-state index in [0.29, 0.717) is 16.5 Å². The van der Waals surface area contributed by atoms with E-state index < -0.39 is 5.25 Å². The third-order valence-corrected chi connectivity index (χ3v) is 5.93. The number of nitrogens with zero attached hydrogens (tertiary/aromatic N) is 4. The highest BCUT2D eigenvalue weighted by atomic mass is 32.2. The molecule has 1 fully saturated rings. The Bertz CT molecular complexity index is 954. The summed E-state index contributed by atoms with van der Waals surface area (Å²) >= 11 is 1.28. The first-order chi connectivity index (χ1) is 13.6. The molecule has 0 spiro atoms. The van der Waals surface area contributed by atoms with Gasteiger partial charge in [-0.3, -0.25) is 4.79 Å². The van der Waals surface area contributed by atoms with E-state index >= 15 is 0 Å². The number of benzene rings is 2. The number of carbonyl (C=O) groups is 1. The number of likely N-dealkylation sites (tertiary alicyclic amines) is 1. The maximum absolute atomic E-state index is 13.2. The first kappa shape index (κ1) is 18.5. The maximum Gasteiger partial charge on any atom is 0.240 e. The van der Waals surface area contributed by atoms with Crippen LogP contribution in [0.2, 0.25) is 0 Å². The Balaban J connectivity index is 1.63. The Morgan fingerprint density at radius 3 is 2.39 bits per heavy atom. The molecule has 3 aromatic rings. The molecule has 144 valence electrons. The predicted molar refractivity (Wildman–Crippen MR) is 106 cm³/mol. The summed E-state index contributed by atoms with van der Waals surface area (Å²) in [6, 6.07) is 15.5. The fraction of sp³-hybridized carbons (Fsp3) is 0.250. The Labute approximate surface area is 166 Å². The maximum atomic E-state index is 13.2. The number of nitrogen functional groups attached to an aromatic ring is 1. The van der Waals surface area contributed by atoms with E-state index in [9.17, 15) is 9.18 Å². The number of thioether (sulfide) groups is 1. The van der Waals surface area contributed by atoms with E-state index in [-0.39, 0.29) is 11.7 Å². The molecule has 0 bridgehead atoms. The van der Waals surface area contributed by atoms with E-state index in [2.05, 4.69) is 10.2 Å². The van der Waals surface area contributed by atoms with Crippen molar-refractivity contribution in [2.75, 3.05) is 18.9 Å². The molecule has 2 N–H and O–H groups in total. The van der Waals surface area contributed by atoms with Crippen LogP contribution in [-0.2, 0) is 4.79 Å². The smallest absolute Gasteiger partial charge is 0.240 e. The number of amides is 1. The lowest BCUT2D eigenvalue weighted by Crippen LogP contribution is -2.31. The van der Waals surface area contributed by atoms with Gasteiger partial charge in [-0.25, -0.2) is 9.07 Å². The third kappa shape index (κ3) is 3.73. The minimum Gasteiger partial charge on any atom is -0.341 e. The quantitative estimate of drug-likeness (QED) is 0.528. The minimum atomic E-state index is -0.452. The number of halogens is 1. The Kier molecular flexibility index (Phi) is 5.29. The van der Waals surface area contributed by atoms with Gasteiger partial charge in [0.1, 0.15) is 11.1 Å². The fourth-order valence-corrected chi connectivity index (χ4v) is 4.29. The summed E-state index contributed by atoms with van der Waals surface area (Å²) in [5, 5.41) is 8.29. The standard InChI is InChI=1S/C20H20FN5OS/c21-16-10-8-15(9-11-16)18-23-24-20(26(18)22)28-17(14-6-2-1-3-7-14)19(27)25-12-4-5-13-25/h1-3,6-11,17H,4-5,12-13,22H2/t17-/m1/s1. The molecule has 0 saturated carbocycles. The van der Waals surface area contributed by atoms with Gasteiger partial charge in [-0.15, -0.1) is 10.2 Å². The van der Waals surface area contributed by atoms with Crippen LogP contribution < -0.4 is 5.84 Å². The van der Waals surface area contributed by atoms with Gasteiger partial charge in [0.25, 0.3) is 0 Å². The minimum absolute atomic E-state index is 0.0556. The van der Waals surface area contributed by atoms with Crippen molar-refractivity contribution in [1.29, 1.82) is 0 Å². The van der Waals surface area contributed by atoms with Gasteiger partial charge in [0.2, 0.25) is 11.1 Å². The van der Waals surface area contributed by atoms with Gasteiger partial charge in [0, 0.05) is 18.7 Å². The van der Waals surface area contributed by atoms with Crippen molar-refractivity contribution >= 4 is 17.7 Å². The zero-order valence-electron chi connectivity index (χ0n) is 15.2. The van der Waals surface area contributed by atoms with Gasteiger partial charge < -0.3 is 10.7 Å². The number of aromatic nitrogens is 3. The molecule has 1 aromatic heterocycles. The zero-order chi connectivity index (χ0) is 19.5. The molecule has 0 radical (unpaired) electrons. The molecule has 0 aliphatic carbocycles. The molecular weight excluding hydrogens is 377 g/mol. The SMILES string of the molecule is Nn1c(S[C@@H](C(=O)N2CCCC2)c2ccccc2)nnc1-c1ccc(F)cc1. The zero-order valence-corrected chi connectivity index (χ0v) is 16.0. The third-order valence-electron chi connectivity index (χ3n) is 4.73. The molecule has 2 aromatic carbocycles. The highest BCUT2D eigenvalue weighted by Gasteiger charge is 2.30. The molecule has 1 amide bonds. The fourth-order valence-electron chi connectivity index (χ4n) is 3.25. The molecule has 6 nitrogen and oxygen atoms in total. The number of nitrogens with two attached hydrogens (primary N) is 1. The summed E-state index contributed by atoms with van der Waals surface area (Å²) < 4.78 is 14.5. The average molecular weight is 397 g/mol. The normalized spacial score (nSPS) is 15.0. The summed E-state index contributed by atoms with van der Waals surface area (Å²) in [7, 11) is 0. The molecule has 1 aliphatic heterocycles. The first-order valence-corrected chi connectivity index (χ1v) is 9.98. The average Bonchev–Trinajstić information content (AvgIpc) is 3.38. The van der Waals surface area contributed by atoms with Gasteiger partial charge in [-0.1, -0.05) is 42.1 Å². The highest BCUT2D eigenvalue weighted by molar-refractivity contribution is 8.00. The summed E-state index contributed by atoms with van der Waals surface area (Å²) in [6.45, 7) is 1.55. The Morgan fingerprint density at radius 1 is 1.04 bits per heavy atom. The van der Waals surface area contributed by atoms with Gasteiger partial charge in [0.15, 0.2) is 5.82 Å². The molecule has 2 heterocycles. The van der Waals surface area contributed by atoms with Gasteiger partial charge in [-0.2, -0.15) is 0 Å². The lowest BCUT2D eigenvalue weighted by molar-refractivity contribution is -0.129. The van der Waals surface area contributed by atoms with Crippen molar-refractivity contribution in [1.82, 2.24) is 19.8 Å². The van der Waals surface area contributed by atoms with Gasteiger partial charge >= 0.3 is 0 Å². The topological polar surface area (TPSA) is 77.0 Å². The lowest BCUT2D eigenvalue weighted by atomic mass is 10.1.